The molecule has 0 saturated heterocycles. The van der Waals surface area contributed by atoms with Crippen LogP contribution in [0.1, 0.15) is 46.0 Å². The number of amides is 1. The lowest BCUT2D eigenvalue weighted by atomic mass is 10.00. The molecule has 0 fully saturated rings. The lowest BCUT2D eigenvalue weighted by Crippen LogP contribution is -2.30. The summed E-state index contributed by atoms with van der Waals surface area (Å²) in [4.78, 5) is 13.7. The van der Waals surface area contributed by atoms with Crippen molar-refractivity contribution in [1.82, 2.24) is 0 Å². The van der Waals surface area contributed by atoms with Gasteiger partial charge < -0.3 is 10.0 Å². The van der Waals surface area contributed by atoms with E-state index in [0.29, 0.717) is 6.42 Å². The van der Waals surface area contributed by atoms with Crippen molar-refractivity contribution in [3.05, 3.63) is 30.3 Å². The smallest absolute Gasteiger partial charge is 0.226 e. The van der Waals surface area contributed by atoms with E-state index >= 15 is 0 Å². The first-order valence-corrected chi connectivity index (χ1v) is 7.50. The largest absolute Gasteiger partial charge is 0.378 e. The Morgan fingerprint density at radius 2 is 2.00 bits per heavy atom. The van der Waals surface area contributed by atoms with E-state index in [0.717, 1.165) is 24.9 Å². The minimum atomic E-state index is -1.10. The van der Waals surface area contributed by atoms with E-state index in [9.17, 15) is 9.90 Å². The number of hydrogen-bond acceptors (Lipinski definition) is 2. The number of anilines is 1. The fourth-order valence-corrected chi connectivity index (χ4v) is 1.89. The van der Waals surface area contributed by atoms with Gasteiger partial charge >= 0.3 is 0 Å². The van der Waals surface area contributed by atoms with Gasteiger partial charge in [0.1, 0.15) is 5.60 Å². The topological polar surface area (TPSA) is 40.5 Å². The van der Waals surface area contributed by atoms with Crippen LogP contribution in [0.15, 0.2) is 30.3 Å². The highest BCUT2D eigenvalue weighted by Crippen LogP contribution is 2.16. The monoisotopic (exact) mass is 287 g/mol. The number of unbranched alkanes of at least 4 members (excludes halogenated alkanes) is 2. The predicted octanol–water partition coefficient (Wildman–Crippen LogP) is 3.37. The minimum absolute atomic E-state index is 0.0168. The molecule has 0 aliphatic carbocycles. The first-order chi connectivity index (χ1) is 9.96. The number of nitrogens with zero attached hydrogens (tertiary/aromatic N) is 1. The third kappa shape index (κ3) is 6.46. The summed E-state index contributed by atoms with van der Waals surface area (Å²) in [5.74, 6) is 5.83. The van der Waals surface area contributed by atoms with Crippen LogP contribution in [-0.2, 0) is 4.79 Å². The predicted molar refractivity (Wildman–Crippen MR) is 87.0 cm³/mol. The summed E-state index contributed by atoms with van der Waals surface area (Å²) in [6.07, 6.45) is 3.56. The fourth-order valence-electron chi connectivity index (χ4n) is 1.89. The van der Waals surface area contributed by atoms with Crippen molar-refractivity contribution in [2.75, 3.05) is 11.9 Å². The van der Waals surface area contributed by atoms with Gasteiger partial charge in [-0.1, -0.05) is 37.5 Å². The molecule has 1 N–H and O–H groups in total. The summed E-state index contributed by atoms with van der Waals surface area (Å²) in [7, 11) is 1.75. The Labute approximate surface area is 128 Å². The van der Waals surface area contributed by atoms with E-state index in [1.807, 2.05) is 30.3 Å². The highest BCUT2D eigenvalue weighted by Gasteiger charge is 2.20. The van der Waals surface area contributed by atoms with Crippen molar-refractivity contribution in [3.63, 3.8) is 0 Å². The van der Waals surface area contributed by atoms with Crippen LogP contribution in [0.25, 0.3) is 0 Å². The lowest BCUT2D eigenvalue weighted by Gasteiger charge is -2.20. The molecule has 0 heterocycles. The van der Waals surface area contributed by atoms with E-state index < -0.39 is 5.60 Å². The van der Waals surface area contributed by atoms with Gasteiger partial charge in [-0.25, -0.2) is 0 Å². The van der Waals surface area contributed by atoms with Crippen LogP contribution in [0.2, 0.25) is 0 Å². The Morgan fingerprint density at radius 3 is 2.62 bits per heavy atom. The molecule has 114 valence electrons. The second kappa shape index (κ2) is 8.49. The zero-order valence-electron chi connectivity index (χ0n) is 13.2. The van der Waals surface area contributed by atoms with Gasteiger partial charge in [-0.15, -0.1) is 5.92 Å². The van der Waals surface area contributed by atoms with Crippen molar-refractivity contribution in [2.24, 2.45) is 0 Å². The molecule has 1 atom stereocenters. The highest BCUT2D eigenvalue weighted by atomic mass is 16.3. The molecule has 0 saturated carbocycles. The van der Waals surface area contributed by atoms with Gasteiger partial charge in [0.15, 0.2) is 0 Å². The molecule has 0 spiro atoms. The van der Waals surface area contributed by atoms with Gasteiger partial charge in [0.05, 0.1) is 0 Å². The van der Waals surface area contributed by atoms with E-state index in [-0.39, 0.29) is 12.3 Å². The van der Waals surface area contributed by atoms with Gasteiger partial charge in [0, 0.05) is 25.6 Å². The fraction of sp³-hybridized carbons (Fsp3) is 0.500. The number of aliphatic hydroxyl groups is 1. The summed E-state index contributed by atoms with van der Waals surface area (Å²) < 4.78 is 0. The van der Waals surface area contributed by atoms with Crippen LogP contribution in [0, 0.1) is 11.8 Å². The third-order valence-electron chi connectivity index (χ3n) is 3.36. The second-order valence-electron chi connectivity index (χ2n) is 5.47. The zero-order chi connectivity index (χ0) is 15.7. The van der Waals surface area contributed by atoms with Crippen molar-refractivity contribution in [2.45, 2.75) is 51.6 Å². The Kier molecular flexibility index (Phi) is 6.98. The summed E-state index contributed by atoms with van der Waals surface area (Å²) in [6, 6.07) is 9.49. The molecule has 0 aromatic heterocycles. The summed E-state index contributed by atoms with van der Waals surface area (Å²) in [5.41, 5.74) is -0.239. The Bertz CT molecular complexity index is 497. The average molecular weight is 287 g/mol. The van der Waals surface area contributed by atoms with E-state index in [4.69, 9.17) is 0 Å². The third-order valence-corrected chi connectivity index (χ3v) is 3.36. The minimum Gasteiger partial charge on any atom is -0.378 e. The van der Waals surface area contributed by atoms with Crippen LogP contribution in [0.5, 0.6) is 0 Å². The van der Waals surface area contributed by atoms with Gasteiger partial charge in [0.2, 0.25) is 5.91 Å². The van der Waals surface area contributed by atoms with E-state index in [1.54, 1.807) is 18.9 Å². The first kappa shape index (κ1) is 17.3. The van der Waals surface area contributed by atoms with Crippen molar-refractivity contribution < 1.29 is 9.90 Å². The number of para-hydroxylation sites is 1. The van der Waals surface area contributed by atoms with Crippen LogP contribution < -0.4 is 4.90 Å². The van der Waals surface area contributed by atoms with Crippen molar-refractivity contribution in [1.29, 1.82) is 0 Å². The van der Waals surface area contributed by atoms with Crippen LogP contribution >= 0.6 is 0 Å². The van der Waals surface area contributed by atoms with Gasteiger partial charge in [-0.3, -0.25) is 4.79 Å². The van der Waals surface area contributed by atoms with Crippen molar-refractivity contribution >= 4 is 11.6 Å². The van der Waals surface area contributed by atoms with Crippen LogP contribution in [0.4, 0.5) is 5.69 Å². The molecule has 1 unspecified atom stereocenters. The van der Waals surface area contributed by atoms with E-state index in [2.05, 4.69) is 18.8 Å². The maximum absolute atomic E-state index is 12.1. The normalized spacial score (nSPS) is 13.0. The van der Waals surface area contributed by atoms with Crippen molar-refractivity contribution in [3.8, 4) is 11.8 Å². The van der Waals surface area contributed by atoms with Crippen LogP contribution in [-0.4, -0.2) is 23.7 Å². The number of carbonyl (C=O) groups excluding carboxylic acids is 1. The molecule has 0 aliphatic heterocycles. The van der Waals surface area contributed by atoms with Crippen LogP contribution in [0.3, 0.4) is 0 Å². The SMILES string of the molecule is CCCCC#CC(C)(O)CCC(=O)N(C)c1ccccc1. The maximum Gasteiger partial charge on any atom is 0.226 e. The molecule has 0 bridgehead atoms. The molecular formula is C18H25NO2. The first-order valence-electron chi connectivity index (χ1n) is 7.50. The molecule has 3 nitrogen and oxygen atoms in total. The zero-order valence-corrected chi connectivity index (χ0v) is 13.2. The standard InChI is InChI=1S/C18H25NO2/c1-4-5-6-10-14-18(2,21)15-13-17(20)19(3)16-11-8-7-9-12-16/h7-9,11-12,21H,4-6,13,15H2,1-3H3. The van der Waals surface area contributed by atoms with E-state index in [1.165, 1.54) is 0 Å². The highest BCUT2D eigenvalue weighted by molar-refractivity contribution is 5.92. The average Bonchev–Trinajstić information content (AvgIpc) is 2.49. The summed E-state index contributed by atoms with van der Waals surface area (Å²) >= 11 is 0. The molecule has 1 rings (SSSR count). The molecule has 0 aliphatic rings. The molecule has 1 amide bonds. The molecule has 1 aromatic rings. The second-order valence-corrected chi connectivity index (χ2v) is 5.47. The van der Waals surface area contributed by atoms with Gasteiger partial charge in [-0.2, -0.15) is 0 Å². The molecule has 1 aromatic carbocycles. The Hall–Kier alpha value is -1.79. The number of carbonyl (C=O) groups is 1. The Morgan fingerprint density at radius 1 is 1.33 bits per heavy atom. The molecule has 3 heteroatoms. The summed E-state index contributed by atoms with van der Waals surface area (Å²) in [6.45, 7) is 3.78. The molecule has 21 heavy (non-hydrogen) atoms. The molecular weight excluding hydrogens is 262 g/mol. The summed E-state index contributed by atoms with van der Waals surface area (Å²) in [5, 5.41) is 10.2. The van der Waals surface area contributed by atoms with Gasteiger partial charge in [-0.05, 0) is 31.9 Å². The quantitative estimate of drug-likeness (QED) is 0.643. The maximum atomic E-state index is 12.1. The molecule has 0 radical (unpaired) electrons. The Balaban J connectivity index is 2.49. The number of rotatable bonds is 6. The van der Waals surface area contributed by atoms with Gasteiger partial charge in [0.25, 0.3) is 0 Å². The number of benzene rings is 1. The lowest BCUT2D eigenvalue weighted by molar-refractivity contribution is -0.119. The number of hydrogen-bond donors (Lipinski definition) is 1.